The third-order valence-corrected chi connectivity index (χ3v) is 2.79. The minimum absolute atomic E-state index is 0.0464. The van der Waals surface area contributed by atoms with E-state index in [2.05, 4.69) is 19.6 Å². The molecule has 0 aromatic heterocycles. The number of carbonyl (C=O) groups is 1. The van der Waals surface area contributed by atoms with E-state index in [4.69, 9.17) is 4.74 Å². The predicted octanol–water partition coefficient (Wildman–Crippen LogP) is 2.15. The van der Waals surface area contributed by atoms with E-state index < -0.39 is 0 Å². The smallest absolute Gasteiger partial charge is 0.236 e. The molecule has 0 aliphatic carbocycles. The maximum absolute atomic E-state index is 11.6. The number of ether oxygens (including phenoxy) is 1. The van der Waals surface area contributed by atoms with E-state index >= 15 is 0 Å². The van der Waals surface area contributed by atoms with Crippen LogP contribution < -0.4 is 9.64 Å². The summed E-state index contributed by atoms with van der Waals surface area (Å²) in [6.07, 6.45) is 0.930. The maximum atomic E-state index is 11.6. The van der Waals surface area contributed by atoms with Gasteiger partial charge in [-0.1, -0.05) is 13.0 Å². The van der Waals surface area contributed by atoms with Crippen LogP contribution in [0.1, 0.15) is 12.5 Å². The highest BCUT2D eigenvalue weighted by Gasteiger charge is 2.14. The molecular weight excluding hydrogens is 222 g/mol. The summed E-state index contributed by atoms with van der Waals surface area (Å²) < 4.78 is 5.24. The van der Waals surface area contributed by atoms with Gasteiger partial charge >= 0.3 is 0 Å². The second-order valence-electron chi connectivity index (χ2n) is 3.47. The summed E-state index contributed by atoms with van der Waals surface area (Å²) in [6.45, 7) is 2.08. The number of anilines is 1. The summed E-state index contributed by atoms with van der Waals surface area (Å²) in [6, 6.07) is 5.86. The molecule has 0 aliphatic heterocycles. The van der Waals surface area contributed by atoms with Crippen LogP contribution in [0.2, 0.25) is 0 Å². The zero-order valence-electron chi connectivity index (χ0n) is 9.86. The number of hydrogen-bond acceptors (Lipinski definition) is 3. The van der Waals surface area contributed by atoms with Crippen molar-refractivity contribution < 1.29 is 9.53 Å². The number of benzene rings is 1. The highest BCUT2D eigenvalue weighted by atomic mass is 32.1. The molecular formula is C12H17NO2S. The van der Waals surface area contributed by atoms with Gasteiger partial charge in [0.1, 0.15) is 5.75 Å². The number of rotatable bonds is 4. The minimum atomic E-state index is -0.0464. The minimum Gasteiger partial charge on any atom is -0.495 e. The van der Waals surface area contributed by atoms with Crippen molar-refractivity contribution in [2.24, 2.45) is 0 Å². The third kappa shape index (κ3) is 2.70. The van der Waals surface area contributed by atoms with Crippen LogP contribution in [0.25, 0.3) is 0 Å². The average molecular weight is 239 g/mol. The van der Waals surface area contributed by atoms with Crippen LogP contribution in [0.15, 0.2) is 18.2 Å². The molecule has 0 saturated carbocycles. The van der Waals surface area contributed by atoms with Gasteiger partial charge in [0.25, 0.3) is 0 Å². The van der Waals surface area contributed by atoms with E-state index in [9.17, 15) is 4.79 Å². The third-order valence-electron chi connectivity index (χ3n) is 2.52. The Morgan fingerprint density at radius 1 is 1.50 bits per heavy atom. The first-order chi connectivity index (χ1) is 7.63. The summed E-state index contributed by atoms with van der Waals surface area (Å²) in [7, 11) is 3.33. The van der Waals surface area contributed by atoms with Crippen LogP contribution in [0.3, 0.4) is 0 Å². The molecule has 0 fully saturated rings. The zero-order valence-corrected chi connectivity index (χ0v) is 10.8. The fourth-order valence-electron chi connectivity index (χ4n) is 1.46. The zero-order chi connectivity index (χ0) is 12.1. The average Bonchev–Trinajstić information content (AvgIpc) is 2.35. The van der Waals surface area contributed by atoms with Gasteiger partial charge in [-0.15, -0.1) is 0 Å². The van der Waals surface area contributed by atoms with E-state index in [-0.39, 0.29) is 11.7 Å². The normalized spacial score (nSPS) is 10.0. The van der Waals surface area contributed by atoms with Crippen molar-refractivity contribution in [1.82, 2.24) is 0 Å². The van der Waals surface area contributed by atoms with Crippen LogP contribution in [-0.2, 0) is 11.2 Å². The Balaban J connectivity index is 3.12. The van der Waals surface area contributed by atoms with Crippen LogP contribution in [0.4, 0.5) is 5.69 Å². The van der Waals surface area contributed by atoms with Crippen LogP contribution >= 0.6 is 12.6 Å². The summed E-state index contributed by atoms with van der Waals surface area (Å²) in [5.74, 6) is 0.848. The van der Waals surface area contributed by atoms with Gasteiger partial charge in [0.15, 0.2) is 0 Å². The van der Waals surface area contributed by atoms with Crippen LogP contribution in [0.5, 0.6) is 5.75 Å². The van der Waals surface area contributed by atoms with Crippen molar-refractivity contribution in [3.05, 3.63) is 23.8 Å². The summed E-state index contributed by atoms with van der Waals surface area (Å²) in [4.78, 5) is 13.1. The Morgan fingerprint density at radius 2 is 2.19 bits per heavy atom. The van der Waals surface area contributed by atoms with Crippen molar-refractivity contribution in [3.63, 3.8) is 0 Å². The molecule has 0 N–H and O–H groups in total. The second-order valence-corrected chi connectivity index (χ2v) is 3.79. The first kappa shape index (κ1) is 12.9. The molecule has 0 atom stereocenters. The molecule has 0 spiro atoms. The Hall–Kier alpha value is -1.16. The van der Waals surface area contributed by atoms with Crippen molar-refractivity contribution in [3.8, 4) is 5.75 Å². The number of amides is 1. The molecule has 0 unspecified atom stereocenters. The van der Waals surface area contributed by atoms with Gasteiger partial charge in [0.05, 0.1) is 18.6 Å². The van der Waals surface area contributed by atoms with Crippen molar-refractivity contribution >= 4 is 24.2 Å². The Labute approximate surface area is 102 Å². The number of hydrogen-bond donors (Lipinski definition) is 1. The van der Waals surface area contributed by atoms with Crippen molar-refractivity contribution in [1.29, 1.82) is 0 Å². The topological polar surface area (TPSA) is 29.5 Å². The largest absolute Gasteiger partial charge is 0.495 e. The summed E-state index contributed by atoms with van der Waals surface area (Å²) in [5.41, 5.74) is 1.97. The molecule has 1 amide bonds. The monoisotopic (exact) mass is 239 g/mol. The lowest BCUT2D eigenvalue weighted by molar-refractivity contribution is -0.115. The molecule has 1 aromatic rings. The molecule has 0 bridgehead atoms. The molecule has 16 heavy (non-hydrogen) atoms. The highest BCUT2D eigenvalue weighted by molar-refractivity contribution is 7.81. The molecule has 0 radical (unpaired) electrons. The lowest BCUT2D eigenvalue weighted by Gasteiger charge is -2.20. The first-order valence-electron chi connectivity index (χ1n) is 5.18. The van der Waals surface area contributed by atoms with E-state index in [1.165, 1.54) is 5.56 Å². The molecule has 4 heteroatoms. The number of methoxy groups -OCH3 is 1. The number of thiol groups is 1. The van der Waals surface area contributed by atoms with Gasteiger partial charge in [-0.3, -0.25) is 4.79 Å². The number of nitrogens with zero attached hydrogens (tertiary/aromatic N) is 1. The quantitative estimate of drug-likeness (QED) is 0.816. The predicted molar refractivity (Wildman–Crippen MR) is 69.6 cm³/mol. The maximum Gasteiger partial charge on any atom is 0.236 e. The lowest BCUT2D eigenvalue weighted by Crippen LogP contribution is -2.27. The van der Waals surface area contributed by atoms with Gasteiger partial charge in [0, 0.05) is 7.05 Å². The van der Waals surface area contributed by atoms with Gasteiger partial charge in [-0.05, 0) is 24.1 Å². The van der Waals surface area contributed by atoms with Crippen LogP contribution in [0, 0.1) is 0 Å². The van der Waals surface area contributed by atoms with E-state index in [1.807, 2.05) is 18.2 Å². The number of aryl methyl sites for hydroxylation is 1. The van der Waals surface area contributed by atoms with Gasteiger partial charge in [-0.25, -0.2) is 0 Å². The molecule has 88 valence electrons. The SMILES string of the molecule is CCc1ccc(OC)c(N(C)C(=O)CS)c1. The van der Waals surface area contributed by atoms with E-state index in [1.54, 1.807) is 19.1 Å². The van der Waals surface area contributed by atoms with Gasteiger partial charge < -0.3 is 9.64 Å². The van der Waals surface area contributed by atoms with E-state index in [0.29, 0.717) is 5.75 Å². The van der Waals surface area contributed by atoms with Crippen molar-refractivity contribution in [2.45, 2.75) is 13.3 Å². The molecule has 1 aromatic carbocycles. The molecule has 0 saturated heterocycles. The Kier molecular flexibility index (Phi) is 4.68. The molecule has 0 heterocycles. The Bertz CT molecular complexity index is 379. The fraction of sp³-hybridized carbons (Fsp3) is 0.417. The summed E-state index contributed by atoms with van der Waals surface area (Å²) >= 11 is 3.99. The first-order valence-corrected chi connectivity index (χ1v) is 5.81. The molecule has 1 rings (SSSR count). The summed E-state index contributed by atoms with van der Waals surface area (Å²) in [5, 5.41) is 0. The van der Waals surface area contributed by atoms with E-state index in [0.717, 1.165) is 12.1 Å². The van der Waals surface area contributed by atoms with Crippen molar-refractivity contribution in [2.75, 3.05) is 24.8 Å². The van der Waals surface area contributed by atoms with Gasteiger partial charge in [0.2, 0.25) is 5.91 Å². The van der Waals surface area contributed by atoms with Crippen LogP contribution in [-0.4, -0.2) is 25.8 Å². The van der Waals surface area contributed by atoms with Gasteiger partial charge in [-0.2, -0.15) is 12.6 Å². The second kappa shape index (κ2) is 5.80. The molecule has 0 aliphatic rings. The highest BCUT2D eigenvalue weighted by Crippen LogP contribution is 2.28. The fourth-order valence-corrected chi connectivity index (χ4v) is 1.67. The Morgan fingerprint density at radius 3 is 2.69 bits per heavy atom. The lowest BCUT2D eigenvalue weighted by atomic mass is 10.1. The molecule has 3 nitrogen and oxygen atoms in total. The standard InChI is InChI=1S/C12H17NO2S/c1-4-9-5-6-11(15-3)10(7-9)13(2)12(14)8-16/h5-7,16H,4,8H2,1-3H3. The number of carbonyl (C=O) groups excluding carboxylic acids is 1.